The predicted octanol–water partition coefficient (Wildman–Crippen LogP) is 3.97. The molecule has 1 N–H and O–H groups in total. The van der Waals surface area contributed by atoms with Gasteiger partial charge in [-0.05, 0) is 35.9 Å². The van der Waals surface area contributed by atoms with Gasteiger partial charge in [0.25, 0.3) is 0 Å². The summed E-state index contributed by atoms with van der Waals surface area (Å²) >= 11 is 0. The highest BCUT2D eigenvalue weighted by Crippen LogP contribution is 2.37. The van der Waals surface area contributed by atoms with Crippen LogP contribution in [-0.4, -0.2) is 17.7 Å². The van der Waals surface area contributed by atoms with Crippen molar-refractivity contribution in [1.82, 2.24) is 0 Å². The summed E-state index contributed by atoms with van der Waals surface area (Å²) in [6.45, 7) is -0.695. The molecule has 3 nitrogen and oxygen atoms in total. The molecule has 0 fully saturated rings. The fraction of sp³-hybridized carbons (Fsp3) is 0.133. The highest BCUT2D eigenvalue weighted by molar-refractivity contribution is 5.73. The van der Waals surface area contributed by atoms with E-state index in [1.165, 1.54) is 12.1 Å². The first-order valence-electron chi connectivity index (χ1n) is 6.09. The van der Waals surface area contributed by atoms with E-state index in [2.05, 4.69) is 0 Å². The Morgan fingerprint density at radius 1 is 1.09 bits per heavy atom. The van der Waals surface area contributed by atoms with Gasteiger partial charge in [-0.15, -0.1) is 0 Å². The monoisotopic (exact) mass is 314 g/mol. The summed E-state index contributed by atoms with van der Waals surface area (Å²) in [5.74, 6) is -1.82. The Labute approximate surface area is 122 Å². The molecule has 0 aliphatic carbocycles. The maximum atomic E-state index is 12.9. The van der Waals surface area contributed by atoms with Crippen molar-refractivity contribution in [2.75, 3.05) is 6.61 Å². The van der Waals surface area contributed by atoms with Gasteiger partial charge in [0.1, 0.15) is 11.6 Å². The number of aliphatic carboxylic acids is 1. The summed E-state index contributed by atoms with van der Waals surface area (Å²) < 4.78 is 56.3. The minimum Gasteiger partial charge on any atom is -0.481 e. The summed E-state index contributed by atoms with van der Waals surface area (Å²) in [6.07, 6.45) is -4.56. The van der Waals surface area contributed by atoms with Gasteiger partial charge in [-0.1, -0.05) is 12.1 Å². The van der Waals surface area contributed by atoms with Crippen LogP contribution >= 0.6 is 0 Å². The lowest BCUT2D eigenvalue weighted by molar-refractivity contribution is -0.140. The van der Waals surface area contributed by atoms with Gasteiger partial charge in [0.2, 0.25) is 0 Å². The highest BCUT2D eigenvalue weighted by atomic mass is 19.4. The van der Waals surface area contributed by atoms with Crippen molar-refractivity contribution in [2.24, 2.45) is 0 Å². The van der Waals surface area contributed by atoms with E-state index in [-0.39, 0.29) is 16.9 Å². The molecule has 0 radical (unpaired) electrons. The number of alkyl halides is 3. The van der Waals surface area contributed by atoms with Crippen LogP contribution in [0.2, 0.25) is 0 Å². The van der Waals surface area contributed by atoms with Crippen molar-refractivity contribution in [1.29, 1.82) is 0 Å². The summed E-state index contributed by atoms with van der Waals surface area (Å²) in [6, 6.07) is 7.45. The molecule has 0 aliphatic heterocycles. The number of carbonyl (C=O) groups is 1. The summed E-state index contributed by atoms with van der Waals surface area (Å²) in [4.78, 5) is 10.5. The Bertz CT molecular complexity index is 678. The van der Waals surface area contributed by atoms with Crippen LogP contribution in [0.4, 0.5) is 17.6 Å². The van der Waals surface area contributed by atoms with Gasteiger partial charge in [0.05, 0.1) is 5.56 Å². The maximum Gasteiger partial charge on any atom is 0.416 e. The Kier molecular flexibility index (Phi) is 4.35. The molecule has 2 rings (SSSR count). The van der Waals surface area contributed by atoms with E-state index < -0.39 is 30.1 Å². The van der Waals surface area contributed by atoms with Crippen LogP contribution in [0.15, 0.2) is 42.5 Å². The zero-order valence-corrected chi connectivity index (χ0v) is 11.0. The van der Waals surface area contributed by atoms with Crippen LogP contribution in [0.5, 0.6) is 5.75 Å². The van der Waals surface area contributed by atoms with Crippen LogP contribution < -0.4 is 4.74 Å². The third kappa shape index (κ3) is 3.75. The van der Waals surface area contributed by atoms with Crippen LogP contribution in [0.25, 0.3) is 11.1 Å². The zero-order chi connectivity index (χ0) is 16.3. The van der Waals surface area contributed by atoms with Gasteiger partial charge < -0.3 is 9.84 Å². The van der Waals surface area contributed by atoms with E-state index in [9.17, 15) is 22.4 Å². The van der Waals surface area contributed by atoms with Crippen LogP contribution in [0.1, 0.15) is 5.56 Å². The second-order valence-corrected chi connectivity index (χ2v) is 4.40. The van der Waals surface area contributed by atoms with Crippen molar-refractivity contribution in [2.45, 2.75) is 6.18 Å². The van der Waals surface area contributed by atoms with Gasteiger partial charge in [0, 0.05) is 5.56 Å². The van der Waals surface area contributed by atoms with Gasteiger partial charge >= 0.3 is 12.1 Å². The molecule has 116 valence electrons. The highest BCUT2D eigenvalue weighted by Gasteiger charge is 2.31. The molecule has 0 spiro atoms. The quantitative estimate of drug-likeness (QED) is 0.869. The minimum absolute atomic E-state index is 0.0259. The number of benzene rings is 2. The van der Waals surface area contributed by atoms with Gasteiger partial charge in [-0.3, -0.25) is 0 Å². The largest absolute Gasteiger partial charge is 0.481 e. The van der Waals surface area contributed by atoms with Crippen molar-refractivity contribution in [3.8, 4) is 16.9 Å². The molecule has 0 atom stereocenters. The normalized spacial score (nSPS) is 11.3. The second-order valence-electron chi connectivity index (χ2n) is 4.40. The molecule has 0 saturated carbocycles. The van der Waals surface area contributed by atoms with Crippen molar-refractivity contribution < 1.29 is 32.2 Å². The molecule has 0 bridgehead atoms. The predicted molar refractivity (Wildman–Crippen MR) is 70.0 cm³/mol. The molecule has 0 aliphatic rings. The van der Waals surface area contributed by atoms with Crippen molar-refractivity contribution in [3.63, 3.8) is 0 Å². The molecular formula is C15H10F4O3. The van der Waals surface area contributed by atoms with Gasteiger partial charge in [-0.2, -0.15) is 13.2 Å². The fourth-order valence-electron chi connectivity index (χ4n) is 1.83. The number of ether oxygens (including phenoxy) is 1. The second kappa shape index (κ2) is 6.05. The Balaban J connectivity index is 2.49. The number of carboxylic acid groups (broad SMARTS) is 1. The topological polar surface area (TPSA) is 46.5 Å². The number of hydrogen-bond acceptors (Lipinski definition) is 2. The molecule has 0 unspecified atom stereocenters. The lowest BCUT2D eigenvalue weighted by Crippen LogP contribution is -2.11. The smallest absolute Gasteiger partial charge is 0.416 e. The first-order valence-corrected chi connectivity index (χ1v) is 6.09. The van der Waals surface area contributed by atoms with E-state index in [1.54, 1.807) is 0 Å². The van der Waals surface area contributed by atoms with Crippen LogP contribution in [-0.2, 0) is 11.0 Å². The number of carboxylic acids is 1. The Morgan fingerprint density at radius 2 is 1.73 bits per heavy atom. The average Bonchev–Trinajstić information content (AvgIpc) is 2.45. The minimum atomic E-state index is -4.56. The first kappa shape index (κ1) is 15.8. The first-order chi connectivity index (χ1) is 10.3. The van der Waals surface area contributed by atoms with E-state index in [1.807, 2.05) is 0 Å². The molecule has 22 heavy (non-hydrogen) atoms. The Hall–Kier alpha value is -2.57. The van der Waals surface area contributed by atoms with Gasteiger partial charge in [-0.25, -0.2) is 9.18 Å². The van der Waals surface area contributed by atoms with Crippen molar-refractivity contribution >= 4 is 5.97 Å². The summed E-state index contributed by atoms with van der Waals surface area (Å²) in [7, 11) is 0. The summed E-state index contributed by atoms with van der Waals surface area (Å²) in [5, 5.41) is 8.60. The number of halogens is 4. The number of rotatable bonds is 4. The molecule has 7 heteroatoms. The Morgan fingerprint density at radius 3 is 2.27 bits per heavy atom. The van der Waals surface area contributed by atoms with Crippen molar-refractivity contribution in [3.05, 3.63) is 53.8 Å². The zero-order valence-electron chi connectivity index (χ0n) is 11.0. The molecule has 2 aromatic rings. The lowest BCUT2D eigenvalue weighted by Gasteiger charge is -2.14. The van der Waals surface area contributed by atoms with E-state index >= 15 is 0 Å². The lowest BCUT2D eigenvalue weighted by atomic mass is 10.0. The number of hydrogen-bond donors (Lipinski definition) is 1. The maximum absolute atomic E-state index is 12.9. The van der Waals surface area contributed by atoms with Crippen LogP contribution in [0, 0.1) is 5.82 Å². The fourth-order valence-corrected chi connectivity index (χ4v) is 1.83. The van der Waals surface area contributed by atoms with E-state index in [0.717, 1.165) is 30.3 Å². The van der Waals surface area contributed by atoms with E-state index in [4.69, 9.17) is 9.84 Å². The molecular weight excluding hydrogens is 304 g/mol. The SMILES string of the molecule is O=C(O)COc1ccc(C(F)(F)F)cc1-c1ccc(F)cc1. The third-order valence-electron chi connectivity index (χ3n) is 2.81. The average molecular weight is 314 g/mol. The summed E-state index contributed by atoms with van der Waals surface area (Å²) in [5.41, 5.74) is -0.585. The standard InChI is InChI=1S/C15H10F4O3/c16-11-4-1-9(2-5-11)12-7-10(15(17,18)19)3-6-13(12)22-8-14(20)21/h1-7H,8H2,(H,20,21). The molecule has 0 amide bonds. The molecule has 0 saturated heterocycles. The molecule has 0 heterocycles. The van der Waals surface area contributed by atoms with Gasteiger partial charge in [0.15, 0.2) is 6.61 Å². The van der Waals surface area contributed by atoms with Crippen LogP contribution in [0.3, 0.4) is 0 Å². The molecule has 0 aromatic heterocycles. The van der Waals surface area contributed by atoms with E-state index in [0.29, 0.717) is 0 Å². The third-order valence-corrected chi connectivity index (χ3v) is 2.81. The molecule has 2 aromatic carbocycles.